The van der Waals surface area contributed by atoms with E-state index in [2.05, 4.69) is 9.97 Å². The molecule has 0 aliphatic carbocycles. The van der Waals surface area contributed by atoms with Crippen molar-refractivity contribution < 1.29 is 4.74 Å². The summed E-state index contributed by atoms with van der Waals surface area (Å²) in [5, 5.41) is 0.939. The lowest BCUT2D eigenvalue weighted by atomic mass is 10.2. The van der Waals surface area contributed by atoms with Gasteiger partial charge in [-0.3, -0.25) is 0 Å². The quantitative estimate of drug-likeness (QED) is 0.589. The van der Waals surface area contributed by atoms with Crippen LogP contribution in [0.4, 0.5) is 0 Å². The molecule has 2 aromatic rings. The monoisotopic (exact) mass is 222 g/mol. The van der Waals surface area contributed by atoms with Gasteiger partial charge in [0.15, 0.2) is 0 Å². The van der Waals surface area contributed by atoms with Crippen LogP contribution in [0.3, 0.4) is 0 Å². The summed E-state index contributed by atoms with van der Waals surface area (Å²) in [7, 11) is 0. The number of hydrogen-bond acceptors (Lipinski definition) is 3. The highest BCUT2D eigenvalue weighted by Crippen LogP contribution is 2.20. The number of halogens is 1. The van der Waals surface area contributed by atoms with E-state index in [-0.39, 0.29) is 0 Å². The van der Waals surface area contributed by atoms with Crippen molar-refractivity contribution in [3.63, 3.8) is 0 Å². The smallest absolute Gasteiger partial charge is 0.224 e. The molecule has 1 aromatic heterocycles. The molecule has 0 saturated heterocycles. The highest BCUT2D eigenvalue weighted by atomic mass is 35.5. The van der Waals surface area contributed by atoms with Crippen molar-refractivity contribution in [3.8, 4) is 5.88 Å². The van der Waals surface area contributed by atoms with Gasteiger partial charge in [-0.05, 0) is 18.6 Å². The van der Waals surface area contributed by atoms with E-state index < -0.39 is 0 Å². The second-order valence-corrected chi connectivity index (χ2v) is 3.46. The molecule has 0 spiro atoms. The van der Waals surface area contributed by atoms with Gasteiger partial charge in [-0.15, -0.1) is 11.6 Å². The first kappa shape index (κ1) is 10.2. The summed E-state index contributed by atoms with van der Waals surface area (Å²) in [4.78, 5) is 8.26. The van der Waals surface area contributed by atoms with Gasteiger partial charge in [0, 0.05) is 5.88 Å². The Balaban J connectivity index is 2.26. The summed E-state index contributed by atoms with van der Waals surface area (Å²) in [5.74, 6) is 1.23. The highest BCUT2D eigenvalue weighted by molar-refractivity contribution is 6.17. The zero-order valence-electron chi connectivity index (χ0n) is 8.19. The van der Waals surface area contributed by atoms with Crippen molar-refractivity contribution in [1.29, 1.82) is 0 Å². The number of ether oxygens (including phenoxy) is 1. The third kappa shape index (κ3) is 2.36. The minimum absolute atomic E-state index is 0.588. The summed E-state index contributed by atoms with van der Waals surface area (Å²) < 4.78 is 5.52. The Labute approximate surface area is 93.1 Å². The SMILES string of the molecule is ClCCCOc1ncnc2ccccc12. The third-order valence-electron chi connectivity index (χ3n) is 2.02. The second-order valence-electron chi connectivity index (χ2n) is 3.09. The molecule has 0 N–H and O–H groups in total. The number of para-hydroxylation sites is 1. The van der Waals surface area contributed by atoms with E-state index in [0.717, 1.165) is 17.3 Å². The number of alkyl halides is 1. The topological polar surface area (TPSA) is 35.0 Å². The van der Waals surface area contributed by atoms with Crippen molar-refractivity contribution in [2.75, 3.05) is 12.5 Å². The highest BCUT2D eigenvalue weighted by Gasteiger charge is 2.02. The van der Waals surface area contributed by atoms with Gasteiger partial charge in [0.2, 0.25) is 5.88 Å². The largest absolute Gasteiger partial charge is 0.477 e. The summed E-state index contributed by atoms with van der Waals surface area (Å²) >= 11 is 5.57. The molecule has 0 aliphatic rings. The number of aromatic nitrogens is 2. The predicted octanol–water partition coefficient (Wildman–Crippen LogP) is 2.64. The molecule has 78 valence electrons. The number of nitrogens with zero attached hydrogens (tertiary/aromatic N) is 2. The number of fused-ring (bicyclic) bond motifs is 1. The minimum atomic E-state index is 0.588. The minimum Gasteiger partial charge on any atom is -0.477 e. The van der Waals surface area contributed by atoms with E-state index in [1.807, 2.05) is 24.3 Å². The number of benzene rings is 1. The van der Waals surface area contributed by atoms with Crippen molar-refractivity contribution in [2.45, 2.75) is 6.42 Å². The lowest BCUT2D eigenvalue weighted by Crippen LogP contribution is -2.00. The predicted molar refractivity (Wildman–Crippen MR) is 60.4 cm³/mol. The van der Waals surface area contributed by atoms with Crippen molar-refractivity contribution in [3.05, 3.63) is 30.6 Å². The number of rotatable bonds is 4. The molecule has 1 heterocycles. The Kier molecular flexibility index (Phi) is 3.35. The van der Waals surface area contributed by atoms with E-state index in [9.17, 15) is 0 Å². The Bertz CT molecular complexity index is 442. The Hall–Kier alpha value is -1.35. The maximum Gasteiger partial charge on any atom is 0.224 e. The lowest BCUT2D eigenvalue weighted by molar-refractivity contribution is 0.310. The maximum absolute atomic E-state index is 5.57. The van der Waals surface area contributed by atoms with Crippen LogP contribution in [-0.2, 0) is 0 Å². The van der Waals surface area contributed by atoms with Crippen molar-refractivity contribution in [1.82, 2.24) is 9.97 Å². The van der Waals surface area contributed by atoms with E-state index in [0.29, 0.717) is 18.4 Å². The fourth-order valence-corrected chi connectivity index (χ4v) is 1.43. The standard InChI is InChI=1S/C11H11ClN2O/c12-6-3-7-15-11-9-4-1-2-5-10(9)13-8-14-11/h1-2,4-5,8H,3,6-7H2. The first-order valence-electron chi connectivity index (χ1n) is 4.80. The van der Waals surface area contributed by atoms with Crippen molar-refractivity contribution >= 4 is 22.5 Å². The molecule has 0 saturated carbocycles. The van der Waals surface area contributed by atoms with Gasteiger partial charge in [-0.25, -0.2) is 9.97 Å². The van der Waals surface area contributed by atoms with Crippen molar-refractivity contribution in [2.24, 2.45) is 0 Å². The molecule has 0 bridgehead atoms. The van der Waals surface area contributed by atoms with E-state index in [1.165, 1.54) is 6.33 Å². The average Bonchev–Trinajstić information content (AvgIpc) is 2.30. The molecule has 1 aromatic carbocycles. The Morgan fingerprint density at radius 1 is 1.20 bits per heavy atom. The molecule has 3 nitrogen and oxygen atoms in total. The zero-order chi connectivity index (χ0) is 10.5. The molecule has 2 rings (SSSR count). The van der Waals surface area contributed by atoms with Crippen LogP contribution >= 0.6 is 11.6 Å². The van der Waals surface area contributed by atoms with Gasteiger partial charge >= 0.3 is 0 Å². The van der Waals surface area contributed by atoms with Gasteiger partial charge < -0.3 is 4.74 Å². The van der Waals surface area contributed by atoms with Crippen LogP contribution in [0.1, 0.15) is 6.42 Å². The van der Waals surface area contributed by atoms with Gasteiger partial charge in [-0.2, -0.15) is 0 Å². The number of hydrogen-bond donors (Lipinski definition) is 0. The van der Waals surface area contributed by atoms with Crippen LogP contribution in [-0.4, -0.2) is 22.5 Å². The van der Waals surface area contributed by atoms with Gasteiger partial charge in [-0.1, -0.05) is 12.1 Å². The first-order chi connectivity index (χ1) is 7.42. The zero-order valence-corrected chi connectivity index (χ0v) is 8.94. The lowest BCUT2D eigenvalue weighted by Gasteiger charge is -2.05. The Morgan fingerprint density at radius 2 is 2.07 bits per heavy atom. The van der Waals surface area contributed by atoms with Gasteiger partial charge in [0.1, 0.15) is 6.33 Å². The van der Waals surface area contributed by atoms with Crippen LogP contribution in [0.5, 0.6) is 5.88 Å². The molecule has 4 heteroatoms. The van der Waals surface area contributed by atoms with Crippen LogP contribution in [0.2, 0.25) is 0 Å². The normalized spacial score (nSPS) is 10.5. The van der Waals surface area contributed by atoms with E-state index >= 15 is 0 Å². The molecule has 0 unspecified atom stereocenters. The summed E-state index contributed by atoms with van der Waals surface area (Å²) in [6.07, 6.45) is 2.33. The summed E-state index contributed by atoms with van der Waals surface area (Å²) in [5.41, 5.74) is 0.897. The van der Waals surface area contributed by atoms with Gasteiger partial charge in [0.25, 0.3) is 0 Å². The molecule has 0 atom stereocenters. The molecule has 0 aliphatic heterocycles. The fourth-order valence-electron chi connectivity index (χ4n) is 1.32. The van der Waals surface area contributed by atoms with Crippen LogP contribution in [0.15, 0.2) is 30.6 Å². The summed E-state index contributed by atoms with van der Waals surface area (Å²) in [6.45, 7) is 0.588. The second kappa shape index (κ2) is 4.94. The van der Waals surface area contributed by atoms with Crippen LogP contribution in [0, 0.1) is 0 Å². The van der Waals surface area contributed by atoms with E-state index in [1.54, 1.807) is 0 Å². The maximum atomic E-state index is 5.57. The molecule has 0 amide bonds. The fraction of sp³-hybridized carbons (Fsp3) is 0.273. The van der Waals surface area contributed by atoms with Crippen LogP contribution < -0.4 is 4.74 Å². The Morgan fingerprint density at radius 3 is 2.93 bits per heavy atom. The van der Waals surface area contributed by atoms with Gasteiger partial charge in [0.05, 0.1) is 17.5 Å². The molecule has 15 heavy (non-hydrogen) atoms. The third-order valence-corrected chi connectivity index (χ3v) is 2.29. The molecule has 0 fully saturated rings. The summed E-state index contributed by atoms with van der Waals surface area (Å²) in [6, 6.07) is 7.77. The molecule has 0 radical (unpaired) electrons. The van der Waals surface area contributed by atoms with Crippen LogP contribution in [0.25, 0.3) is 10.9 Å². The molecular formula is C11H11ClN2O. The average molecular weight is 223 g/mol. The van der Waals surface area contributed by atoms with E-state index in [4.69, 9.17) is 16.3 Å². The first-order valence-corrected chi connectivity index (χ1v) is 5.34. The molecular weight excluding hydrogens is 212 g/mol.